The van der Waals surface area contributed by atoms with Crippen LogP contribution in [0.4, 0.5) is 11.4 Å². The second kappa shape index (κ2) is 8.40. The van der Waals surface area contributed by atoms with E-state index >= 15 is 0 Å². The van der Waals surface area contributed by atoms with E-state index in [0.717, 1.165) is 39.7 Å². The van der Waals surface area contributed by atoms with E-state index in [1.165, 1.54) is 0 Å². The van der Waals surface area contributed by atoms with Gasteiger partial charge in [-0.2, -0.15) is 0 Å². The van der Waals surface area contributed by atoms with Gasteiger partial charge in [-0.1, -0.05) is 6.07 Å². The van der Waals surface area contributed by atoms with Crippen molar-refractivity contribution >= 4 is 22.2 Å². The molecule has 0 saturated heterocycles. The van der Waals surface area contributed by atoms with Crippen LogP contribution in [-0.2, 0) is 16.6 Å². The predicted molar refractivity (Wildman–Crippen MR) is 95.5 cm³/mol. The molecular formula is C17H20N3NaO3S. The van der Waals surface area contributed by atoms with E-state index in [1.807, 2.05) is 32.0 Å². The number of aromatic nitrogens is 1. The predicted octanol–water partition coefficient (Wildman–Crippen LogP) is 0.383. The van der Waals surface area contributed by atoms with Crippen LogP contribution < -0.4 is 44.3 Å². The number of fused-ring (bicyclic) bond motifs is 1. The minimum absolute atomic E-state index is 0. The molecular weight excluding hydrogens is 349 g/mol. The minimum Gasteiger partial charge on any atom is -0.653 e. The number of rotatable bonds is 5. The number of hydrogen-bond acceptors (Lipinski definition) is 5. The van der Waals surface area contributed by atoms with E-state index in [2.05, 4.69) is 15.6 Å². The summed E-state index contributed by atoms with van der Waals surface area (Å²) in [6.45, 7) is 3.88. The molecule has 2 heterocycles. The summed E-state index contributed by atoms with van der Waals surface area (Å²) >= 11 is 0. The van der Waals surface area contributed by atoms with E-state index in [0.29, 0.717) is 5.75 Å². The quantitative estimate of drug-likeness (QED) is 0.772. The van der Waals surface area contributed by atoms with E-state index in [-0.39, 0.29) is 29.6 Å². The van der Waals surface area contributed by atoms with Crippen LogP contribution in [0.5, 0.6) is 11.5 Å². The molecule has 25 heavy (non-hydrogen) atoms. The Bertz CT molecular complexity index is 801. The molecule has 1 aliphatic rings. The van der Waals surface area contributed by atoms with Crippen LogP contribution in [0.25, 0.3) is 5.32 Å². The first-order valence-corrected chi connectivity index (χ1v) is 8.93. The van der Waals surface area contributed by atoms with Gasteiger partial charge in [0.15, 0.2) is 0 Å². The first kappa shape index (κ1) is 20.0. The summed E-state index contributed by atoms with van der Waals surface area (Å²) in [5.74, 6) is 1.85. The maximum Gasteiger partial charge on any atom is 1.00 e. The number of ether oxygens (including phenoxy) is 2. The number of pyridine rings is 1. The molecule has 0 amide bonds. The van der Waals surface area contributed by atoms with Gasteiger partial charge in [-0.3, -0.25) is 9.19 Å². The van der Waals surface area contributed by atoms with Gasteiger partial charge in [0.1, 0.15) is 11.5 Å². The summed E-state index contributed by atoms with van der Waals surface area (Å²) in [6, 6.07) is 5.55. The van der Waals surface area contributed by atoms with Crippen LogP contribution in [0.2, 0.25) is 0 Å². The van der Waals surface area contributed by atoms with Crippen molar-refractivity contribution < 1.29 is 43.2 Å². The fourth-order valence-corrected chi connectivity index (χ4v) is 3.92. The van der Waals surface area contributed by atoms with Crippen molar-refractivity contribution in [3.05, 3.63) is 46.5 Å². The molecule has 0 saturated carbocycles. The van der Waals surface area contributed by atoms with E-state index in [9.17, 15) is 4.21 Å². The number of methoxy groups -OCH3 is 2. The summed E-state index contributed by atoms with van der Waals surface area (Å²) in [5.41, 5.74) is 3.79. The third kappa shape index (κ3) is 4.11. The molecule has 1 aromatic carbocycles. The fourth-order valence-electron chi connectivity index (χ4n) is 2.72. The maximum atomic E-state index is 12.7. The normalized spacial score (nSPS) is 16.1. The Morgan fingerprint density at radius 3 is 2.72 bits per heavy atom. The van der Waals surface area contributed by atoms with E-state index in [4.69, 9.17) is 9.47 Å². The smallest absolute Gasteiger partial charge is 0.653 e. The van der Waals surface area contributed by atoms with Gasteiger partial charge in [-0.15, -0.1) is 5.69 Å². The molecule has 0 radical (unpaired) electrons. The summed E-state index contributed by atoms with van der Waals surface area (Å²) in [5, 5.41) is 7.67. The number of nitrogens with zero attached hydrogens (tertiary/aromatic N) is 2. The van der Waals surface area contributed by atoms with Gasteiger partial charge in [0.2, 0.25) is 0 Å². The monoisotopic (exact) mass is 369 g/mol. The molecule has 1 N–H and O–H groups in total. The zero-order valence-electron chi connectivity index (χ0n) is 15.1. The van der Waals surface area contributed by atoms with Crippen LogP contribution in [-0.4, -0.2) is 28.9 Å². The molecule has 128 valence electrons. The SMILES string of the molecule is COc1ccc2c(c1)NC([S@@](=O)Cc1ncc(C)c(OC)c1C)[N-]2.[Na+]. The standard InChI is InChI=1S/C17H20N3O3S.Na/c1-10-8-18-15(11(2)16(10)23-4)9-24(21)17-19-13-6-5-12(22-3)7-14(13)20-17;/h5-8,17,20H,9H2,1-4H3;/q-1;+1/t17?,24-;/m0./s1. The zero-order valence-corrected chi connectivity index (χ0v) is 17.9. The van der Waals surface area contributed by atoms with Crippen molar-refractivity contribution in [2.45, 2.75) is 25.1 Å². The van der Waals surface area contributed by atoms with Gasteiger partial charge in [-0.25, -0.2) is 0 Å². The molecule has 3 rings (SSSR count). The van der Waals surface area contributed by atoms with Gasteiger partial charge in [0.25, 0.3) is 0 Å². The molecule has 0 aliphatic carbocycles. The largest absolute Gasteiger partial charge is 1.00 e. The Kier molecular flexibility index (Phi) is 6.73. The summed E-state index contributed by atoms with van der Waals surface area (Å²) in [7, 11) is 2.00. The van der Waals surface area contributed by atoms with Crippen LogP contribution >= 0.6 is 0 Å². The molecule has 1 unspecified atom stereocenters. The molecule has 0 fully saturated rings. The number of aryl methyl sites for hydroxylation is 1. The van der Waals surface area contributed by atoms with Crippen molar-refractivity contribution in [2.24, 2.45) is 0 Å². The van der Waals surface area contributed by atoms with Gasteiger partial charge in [0, 0.05) is 45.4 Å². The third-order valence-electron chi connectivity index (χ3n) is 4.02. The average Bonchev–Trinajstić information content (AvgIpc) is 3.01. The summed E-state index contributed by atoms with van der Waals surface area (Å²) in [4.78, 5) is 4.41. The number of benzene rings is 1. The molecule has 0 spiro atoms. The molecule has 1 aromatic heterocycles. The molecule has 0 bridgehead atoms. The summed E-state index contributed by atoms with van der Waals surface area (Å²) < 4.78 is 23.3. The van der Waals surface area contributed by atoms with Crippen LogP contribution in [0.1, 0.15) is 16.8 Å². The second-order valence-electron chi connectivity index (χ2n) is 5.58. The Labute approximate surface area is 172 Å². The topological polar surface area (TPSA) is 74.6 Å². The number of anilines is 1. The Morgan fingerprint density at radius 1 is 1.28 bits per heavy atom. The molecule has 6 nitrogen and oxygen atoms in total. The molecule has 2 aromatic rings. The van der Waals surface area contributed by atoms with Crippen molar-refractivity contribution in [1.29, 1.82) is 0 Å². The zero-order chi connectivity index (χ0) is 17.3. The first-order valence-electron chi connectivity index (χ1n) is 7.55. The Morgan fingerprint density at radius 2 is 2.04 bits per heavy atom. The molecule has 8 heteroatoms. The van der Waals surface area contributed by atoms with Crippen LogP contribution in [0.15, 0.2) is 24.4 Å². The maximum absolute atomic E-state index is 12.7. The third-order valence-corrected chi connectivity index (χ3v) is 5.30. The van der Waals surface area contributed by atoms with Crippen molar-refractivity contribution in [3.63, 3.8) is 0 Å². The van der Waals surface area contributed by atoms with Gasteiger partial charge >= 0.3 is 29.6 Å². The first-order chi connectivity index (χ1) is 11.5. The molecule has 2 atom stereocenters. The van der Waals surface area contributed by atoms with Gasteiger partial charge in [-0.05, 0) is 19.9 Å². The Hall–Kier alpha value is -1.28. The fraction of sp³-hybridized carbons (Fsp3) is 0.353. The summed E-state index contributed by atoms with van der Waals surface area (Å²) in [6.07, 6.45) is 1.75. The number of nitrogens with one attached hydrogen (secondary N) is 1. The Balaban J connectivity index is 0.00000225. The van der Waals surface area contributed by atoms with Crippen LogP contribution in [0, 0.1) is 13.8 Å². The average molecular weight is 369 g/mol. The van der Waals surface area contributed by atoms with Gasteiger partial charge < -0.3 is 20.1 Å². The van der Waals surface area contributed by atoms with Crippen LogP contribution in [0.3, 0.4) is 0 Å². The van der Waals surface area contributed by atoms with Crippen molar-refractivity contribution in [3.8, 4) is 11.5 Å². The minimum atomic E-state index is -1.24. The van der Waals surface area contributed by atoms with Gasteiger partial charge in [0.05, 0.1) is 25.7 Å². The number of hydrogen-bond donors (Lipinski definition) is 1. The second-order valence-corrected chi connectivity index (χ2v) is 7.08. The van der Waals surface area contributed by atoms with Crippen molar-refractivity contribution in [1.82, 2.24) is 4.98 Å². The van der Waals surface area contributed by atoms with Crippen molar-refractivity contribution in [2.75, 3.05) is 19.5 Å². The van der Waals surface area contributed by atoms with E-state index in [1.54, 1.807) is 20.4 Å². The van der Waals surface area contributed by atoms with E-state index < -0.39 is 16.3 Å². The molecule has 1 aliphatic heterocycles.